The second-order valence-electron chi connectivity index (χ2n) is 7.29. The fraction of sp³-hybridized carbons (Fsp3) is 0.409. The van der Waals surface area contributed by atoms with Gasteiger partial charge in [-0.15, -0.1) is 0 Å². The van der Waals surface area contributed by atoms with Crippen LogP contribution in [-0.2, 0) is 27.8 Å². The molecule has 3 rings (SSSR count). The van der Waals surface area contributed by atoms with Crippen LogP contribution in [0.15, 0.2) is 48.5 Å². The van der Waals surface area contributed by atoms with Gasteiger partial charge in [-0.05, 0) is 42.3 Å². The van der Waals surface area contributed by atoms with E-state index in [4.69, 9.17) is 4.74 Å². The average Bonchev–Trinajstić information content (AvgIpc) is 2.78. The number of hydrogen-bond acceptors (Lipinski definition) is 6. The maximum Gasteiger partial charge on any atom is 0.337 e. The lowest BCUT2D eigenvalue weighted by Crippen LogP contribution is -2.42. The van der Waals surface area contributed by atoms with E-state index in [0.717, 1.165) is 43.9 Å². The van der Waals surface area contributed by atoms with Crippen LogP contribution in [0.4, 0.5) is 5.69 Å². The Morgan fingerprint density at radius 3 is 2.43 bits per heavy atom. The van der Waals surface area contributed by atoms with E-state index in [9.17, 15) is 13.2 Å². The molecule has 0 bridgehead atoms. The molecule has 0 aliphatic carbocycles. The zero-order valence-electron chi connectivity index (χ0n) is 17.5. The van der Waals surface area contributed by atoms with Gasteiger partial charge in [0.2, 0.25) is 10.0 Å². The largest absolute Gasteiger partial charge is 0.465 e. The summed E-state index contributed by atoms with van der Waals surface area (Å²) in [6, 6.07) is 14.5. The molecule has 0 unspecified atom stereocenters. The summed E-state index contributed by atoms with van der Waals surface area (Å²) in [6.07, 6.45) is 0. The molecule has 30 heavy (non-hydrogen) atoms. The van der Waals surface area contributed by atoms with Gasteiger partial charge < -0.3 is 10.1 Å². The van der Waals surface area contributed by atoms with Crippen molar-refractivity contribution in [1.29, 1.82) is 0 Å². The lowest BCUT2D eigenvalue weighted by atomic mass is 10.1. The molecule has 1 N–H and O–H groups in total. The van der Waals surface area contributed by atoms with Crippen LogP contribution in [-0.4, -0.2) is 58.3 Å². The summed E-state index contributed by atoms with van der Waals surface area (Å²) in [5.74, 6) is -0.453. The van der Waals surface area contributed by atoms with Gasteiger partial charge in [-0.25, -0.2) is 13.2 Å². The number of sulfonamides is 1. The molecule has 0 radical (unpaired) electrons. The van der Waals surface area contributed by atoms with Gasteiger partial charge in [0.1, 0.15) is 0 Å². The zero-order valence-corrected chi connectivity index (χ0v) is 18.3. The first-order valence-electron chi connectivity index (χ1n) is 10.1. The van der Waals surface area contributed by atoms with Crippen molar-refractivity contribution in [1.82, 2.24) is 10.2 Å². The van der Waals surface area contributed by atoms with Gasteiger partial charge in [0, 0.05) is 32.7 Å². The van der Waals surface area contributed by atoms with Crippen LogP contribution >= 0.6 is 0 Å². The molecule has 1 saturated heterocycles. The number of nitrogens with one attached hydrogen (secondary N) is 1. The minimum atomic E-state index is -3.49. The van der Waals surface area contributed by atoms with E-state index in [1.54, 1.807) is 25.1 Å². The van der Waals surface area contributed by atoms with Crippen molar-refractivity contribution >= 4 is 21.7 Å². The summed E-state index contributed by atoms with van der Waals surface area (Å²) < 4.78 is 31.8. The quantitative estimate of drug-likeness (QED) is 0.646. The lowest BCUT2D eigenvalue weighted by molar-refractivity contribution is 0.0600. The Bertz CT molecular complexity index is 955. The fourth-order valence-corrected chi connectivity index (χ4v) is 4.58. The third-order valence-electron chi connectivity index (χ3n) is 5.21. The molecule has 8 heteroatoms. The third-order valence-corrected chi connectivity index (χ3v) is 6.96. The number of carbonyl (C=O) groups is 1. The third kappa shape index (κ3) is 5.59. The monoisotopic (exact) mass is 431 g/mol. The Morgan fingerprint density at radius 2 is 1.80 bits per heavy atom. The molecular weight excluding hydrogens is 402 g/mol. The highest BCUT2D eigenvalue weighted by atomic mass is 32.2. The number of nitrogens with zero attached hydrogens (tertiary/aromatic N) is 2. The van der Waals surface area contributed by atoms with Crippen molar-refractivity contribution in [3.05, 3.63) is 65.2 Å². The molecular formula is C22H29N3O4S. The fourth-order valence-electron chi connectivity index (χ4n) is 3.48. The van der Waals surface area contributed by atoms with Gasteiger partial charge in [0.25, 0.3) is 0 Å². The Labute approximate surface area is 178 Å². The molecule has 0 aromatic heterocycles. The van der Waals surface area contributed by atoms with Crippen molar-refractivity contribution in [3.63, 3.8) is 0 Å². The zero-order chi connectivity index (χ0) is 21.6. The highest BCUT2D eigenvalue weighted by molar-refractivity contribution is 7.92. The van der Waals surface area contributed by atoms with Crippen LogP contribution < -0.4 is 9.62 Å². The summed E-state index contributed by atoms with van der Waals surface area (Å²) in [7, 11) is -2.17. The molecule has 7 nitrogen and oxygen atoms in total. The maximum atomic E-state index is 12.8. The molecule has 1 aliphatic heterocycles. The Hall–Kier alpha value is -2.42. The SMILES string of the molecule is CCS(=O)(=O)N(Cc1cccc(C(=O)OC)c1)c1ccc(CN2CCNCC2)cc1. The van der Waals surface area contributed by atoms with E-state index in [-0.39, 0.29) is 12.3 Å². The van der Waals surface area contributed by atoms with E-state index >= 15 is 0 Å². The molecule has 1 heterocycles. The number of benzene rings is 2. The van der Waals surface area contributed by atoms with E-state index in [1.807, 2.05) is 30.3 Å². The summed E-state index contributed by atoms with van der Waals surface area (Å²) in [6.45, 7) is 6.63. The molecule has 0 atom stereocenters. The number of hydrogen-bond donors (Lipinski definition) is 1. The first-order chi connectivity index (χ1) is 14.4. The van der Waals surface area contributed by atoms with Crippen LogP contribution in [0.5, 0.6) is 0 Å². The van der Waals surface area contributed by atoms with Gasteiger partial charge in [-0.3, -0.25) is 9.21 Å². The van der Waals surface area contributed by atoms with E-state index in [2.05, 4.69) is 10.2 Å². The van der Waals surface area contributed by atoms with Crippen LogP contribution in [0, 0.1) is 0 Å². The van der Waals surface area contributed by atoms with Gasteiger partial charge in [0.05, 0.1) is 30.7 Å². The Kier molecular flexibility index (Phi) is 7.47. The van der Waals surface area contributed by atoms with Crippen LogP contribution in [0.3, 0.4) is 0 Å². The molecule has 2 aromatic rings. The first-order valence-corrected chi connectivity index (χ1v) is 11.7. The highest BCUT2D eigenvalue weighted by Crippen LogP contribution is 2.23. The van der Waals surface area contributed by atoms with Crippen molar-refractivity contribution < 1.29 is 17.9 Å². The number of anilines is 1. The normalized spacial score (nSPS) is 15.0. The number of carbonyl (C=O) groups excluding carboxylic acids is 1. The molecule has 0 amide bonds. The van der Waals surface area contributed by atoms with Crippen molar-refractivity contribution in [2.75, 3.05) is 43.3 Å². The molecule has 2 aromatic carbocycles. The number of methoxy groups -OCH3 is 1. The van der Waals surface area contributed by atoms with E-state index in [1.165, 1.54) is 11.4 Å². The van der Waals surface area contributed by atoms with Crippen molar-refractivity contribution in [3.8, 4) is 0 Å². The van der Waals surface area contributed by atoms with Gasteiger partial charge >= 0.3 is 5.97 Å². The minimum Gasteiger partial charge on any atom is -0.465 e. The maximum absolute atomic E-state index is 12.8. The average molecular weight is 432 g/mol. The number of esters is 1. The number of ether oxygens (including phenoxy) is 1. The Morgan fingerprint density at radius 1 is 1.10 bits per heavy atom. The van der Waals surface area contributed by atoms with Gasteiger partial charge in [0.15, 0.2) is 0 Å². The Balaban J connectivity index is 1.81. The van der Waals surface area contributed by atoms with Crippen LogP contribution in [0.1, 0.15) is 28.4 Å². The van der Waals surface area contributed by atoms with Crippen LogP contribution in [0.2, 0.25) is 0 Å². The molecule has 0 spiro atoms. The summed E-state index contributed by atoms with van der Waals surface area (Å²) in [5, 5.41) is 3.34. The standard InChI is InChI=1S/C22H29N3O4S/c1-3-30(27,28)25(17-19-5-4-6-20(15-19)22(26)29-2)21-9-7-18(8-10-21)16-24-13-11-23-12-14-24/h4-10,15,23H,3,11-14,16-17H2,1-2H3. The number of rotatable bonds is 8. The van der Waals surface area contributed by atoms with E-state index < -0.39 is 16.0 Å². The van der Waals surface area contributed by atoms with Gasteiger partial charge in [-0.2, -0.15) is 0 Å². The highest BCUT2D eigenvalue weighted by Gasteiger charge is 2.22. The van der Waals surface area contributed by atoms with Gasteiger partial charge in [-0.1, -0.05) is 24.3 Å². The predicted molar refractivity (Wildman–Crippen MR) is 118 cm³/mol. The van der Waals surface area contributed by atoms with Crippen LogP contribution in [0.25, 0.3) is 0 Å². The predicted octanol–water partition coefficient (Wildman–Crippen LogP) is 2.23. The topological polar surface area (TPSA) is 79.0 Å². The second kappa shape index (κ2) is 10.1. The molecule has 1 aliphatic rings. The second-order valence-corrected chi connectivity index (χ2v) is 9.47. The molecule has 162 valence electrons. The smallest absolute Gasteiger partial charge is 0.337 e. The van der Waals surface area contributed by atoms with Crippen molar-refractivity contribution in [2.24, 2.45) is 0 Å². The van der Waals surface area contributed by atoms with Crippen molar-refractivity contribution in [2.45, 2.75) is 20.0 Å². The molecule has 0 saturated carbocycles. The summed E-state index contributed by atoms with van der Waals surface area (Å²) >= 11 is 0. The summed E-state index contributed by atoms with van der Waals surface area (Å²) in [4.78, 5) is 14.2. The van der Waals surface area contributed by atoms with E-state index in [0.29, 0.717) is 11.3 Å². The molecule has 1 fully saturated rings. The number of piperazine rings is 1. The first kappa shape index (κ1) is 22.3. The summed E-state index contributed by atoms with van der Waals surface area (Å²) in [5.41, 5.74) is 2.89. The minimum absolute atomic E-state index is 0.00772. The lowest BCUT2D eigenvalue weighted by Gasteiger charge is -2.28.